The molecule has 0 saturated heterocycles. The number of rotatable bonds is 18. The molecule has 19 nitrogen and oxygen atoms in total. The number of ether oxygens (including phenoxy) is 1. The molecule has 0 aliphatic heterocycles. The van der Waals surface area contributed by atoms with Crippen LogP contribution in [0.4, 0.5) is 16.2 Å². The molecule has 52 heavy (non-hydrogen) atoms. The highest BCUT2D eigenvalue weighted by Crippen LogP contribution is 2.16. The Labute approximate surface area is 299 Å². The highest BCUT2D eigenvalue weighted by molar-refractivity contribution is 5.99. The average Bonchev–Trinajstić information content (AvgIpc) is 3.07. The first kappa shape index (κ1) is 42.0. The maximum absolute atomic E-state index is 13.5. The maximum atomic E-state index is 13.5. The zero-order valence-electron chi connectivity index (χ0n) is 29.6. The van der Waals surface area contributed by atoms with E-state index in [9.17, 15) is 43.7 Å². The molecule has 8 N–H and O–H groups in total. The number of hydrogen-bond acceptors (Lipinski definition) is 11. The Morgan fingerprint density at radius 3 is 1.73 bits per heavy atom. The molecule has 0 aliphatic rings. The zero-order chi connectivity index (χ0) is 39.1. The number of nitro groups is 1. The lowest BCUT2D eigenvalue weighted by atomic mass is 9.99. The third kappa shape index (κ3) is 13.6. The van der Waals surface area contributed by atoms with Crippen LogP contribution in [0.15, 0.2) is 48.8 Å². The number of anilines is 1. The van der Waals surface area contributed by atoms with Gasteiger partial charge in [-0.1, -0.05) is 27.7 Å². The molecule has 0 bridgehead atoms. The topological polar surface area (TPSA) is 283 Å². The van der Waals surface area contributed by atoms with Crippen molar-refractivity contribution in [3.63, 3.8) is 0 Å². The minimum Gasteiger partial charge on any atom is -0.410 e. The molecule has 282 valence electrons. The number of aromatic nitrogens is 1. The molecule has 0 fully saturated rings. The van der Waals surface area contributed by atoms with Crippen molar-refractivity contribution in [3.8, 4) is 5.75 Å². The van der Waals surface area contributed by atoms with Crippen molar-refractivity contribution in [2.75, 3.05) is 5.32 Å². The SMILES string of the molecule is CC(C)[C@H](NC(=O)[C@H](NC(=O)[C@H](CCC(N)=O)NC(=O)Oc1ccncc1)C(C)C)C(=O)N[C@@H](C)C(=O)N[C@@H](C)C(=O)Nc1ccc([N+](=O)[O-])cc1. The standard InChI is InChI=1S/C33H45N9O10/c1-17(2)26(31(47)37-19(5)28(44)36-20(6)29(45)38-21-7-9-22(10-8-21)42(50)51)41-32(48)27(18(3)4)40-30(46)24(11-12-25(34)43)39-33(49)52-23-13-15-35-16-14-23/h7-10,13-20,24,26-27H,11-12H2,1-6H3,(H2,34,43)(H,36,44)(H,37,47)(H,38,45)(H,39,49)(H,40,46)(H,41,48)/t19-,20-,24-,26-,27+/m0/s1. The van der Waals surface area contributed by atoms with Gasteiger partial charge in [0.25, 0.3) is 5.69 Å². The number of amides is 7. The van der Waals surface area contributed by atoms with Crippen molar-refractivity contribution in [3.05, 3.63) is 58.9 Å². The number of nitro benzene ring substituents is 1. The van der Waals surface area contributed by atoms with E-state index in [4.69, 9.17) is 10.5 Å². The summed E-state index contributed by atoms with van der Waals surface area (Å²) in [5.41, 5.74) is 5.36. The number of benzene rings is 1. The van der Waals surface area contributed by atoms with Crippen molar-refractivity contribution >= 4 is 52.9 Å². The fourth-order valence-electron chi connectivity index (χ4n) is 4.50. The predicted molar refractivity (Wildman–Crippen MR) is 186 cm³/mol. The molecule has 0 saturated carbocycles. The van der Waals surface area contributed by atoms with Gasteiger partial charge in [-0.15, -0.1) is 0 Å². The number of nitrogens with zero attached hydrogens (tertiary/aromatic N) is 2. The van der Waals surface area contributed by atoms with Crippen LogP contribution in [0, 0.1) is 22.0 Å². The van der Waals surface area contributed by atoms with Gasteiger partial charge >= 0.3 is 6.09 Å². The van der Waals surface area contributed by atoms with Gasteiger partial charge in [-0.05, 0) is 56.4 Å². The van der Waals surface area contributed by atoms with E-state index in [1.54, 1.807) is 27.7 Å². The Morgan fingerprint density at radius 2 is 1.21 bits per heavy atom. The number of pyridine rings is 1. The van der Waals surface area contributed by atoms with Crippen molar-refractivity contribution in [1.29, 1.82) is 0 Å². The predicted octanol–water partition coefficient (Wildman–Crippen LogP) is 0.642. The molecular formula is C33H45N9O10. The Balaban J connectivity index is 2.04. The Hall–Kier alpha value is -6.14. The van der Waals surface area contributed by atoms with Crippen molar-refractivity contribution in [2.45, 2.75) is 84.6 Å². The van der Waals surface area contributed by atoms with E-state index in [1.165, 1.54) is 62.6 Å². The molecule has 0 spiro atoms. The van der Waals surface area contributed by atoms with Crippen LogP contribution in [0.1, 0.15) is 54.4 Å². The van der Waals surface area contributed by atoms with E-state index in [2.05, 4.69) is 36.9 Å². The van der Waals surface area contributed by atoms with Crippen LogP contribution in [0.2, 0.25) is 0 Å². The highest BCUT2D eigenvalue weighted by Gasteiger charge is 2.34. The van der Waals surface area contributed by atoms with Gasteiger partial charge in [-0.25, -0.2) is 4.79 Å². The lowest BCUT2D eigenvalue weighted by Gasteiger charge is -2.29. The number of nitrogens with one attached hydrogen (secondary N) is 6. The quantitative estimate of drug-likeness (QED) is 0.0826. The van der Waals surface area contributed by atoms with Crippen molar-refractivity contribution in [1.82, 2.24) is 31.6 Å². The summed E-state index contributed by atoms with van der Waals surface area (Å²) in [6.45, 7) is 9.38. The number of hydrogen-bond donors (Lipinski definition) is 7. The lowest BCUT2D eigenvalue weighted by molar-refractivity contribution is -0.384. The molecular weight excluding hydrogens is 682 g/mol. The zero-order valence-corrected chi connectivity index (χ0v) is 29.6. The fourth-order valence-corrected chi connectivity index (χ4v) is 4.50. The third-order valence-corrected chi connectivity index (χ3v) is 7.49. The van der Waals surface area contributed by atoms with Gasteiger partial charge in [-0.2, -0.15) is 0 Å². The Kier molecular flexibility index (Phi) is 16.1. The normalized spacial score (nSPS) is 13.7. The lowest BCUT2D eigenvalue weighted by Crippen LogP contribution is -2.60. The molecule has 7 amide bonds. The van der Waals surface area contributed by atoms with Gasteiger partial charge in [0.1, 0.15) is 36.0 Å². The highest BCUT2D eigenvalue weighted by atomic mass is 16.6. The van der Waals surface area contributed by atoms with Gasteiger partial charge in [-0.3, -0.25) is 43.9 Å². The second kappa shape index (κ2) is 19.9. The van der Waals surface area contributed by atoms with Crippen LogP contribution in [0.5, 0.6) is 5.75 Å². The molecule has 2 aromatic rings. The molecule has 1 heterocycles. The molecule has 0 aliphatic carbocycles. The van der Waals surface area contributed by atoms with E-state index >= 15 is 0 Å². The first-order valence-electron chi connectivity index (χ1n) is 16.3. The summed E-state index contributed by atoms with van der Waals surface area (Å²) in [6, 6.07) is 2.03. The summed E-state index contributed by atoms with van der Waals surface area (Å²) in [5.74, 6) is -5.18. The van der Waals surface area contributed by atoms with Crippen LogP contribution in [0.3, 0.4) is 0 Å². The summed E-state index contributed by atoms with van der Waals surface area (Å²) in [5, 5.41) is 25.9. The molecule has 1 aromatic heterocycles. The van der Waals surface area contributed by atoms with Crippen LogP contribution in [-0.2, 0) is 28.8 Å². The number of non-ortho nitro benzene ring substituents is 1. The van der Waals surface area contributed by atoms with Gasteiger partial charge in [0.05, 0.1) is 4.92 Å². The number of primary amides is 1. The monoisotopic (exact) mass is 727 g/mol. The Bertz CT molecular complexity index is 1600. The summed E-state index contributed by atoms with van der Waals surface area (Å²) < 4.78 is 5.15. The maximum Gasteiger partial charge on any atom is 0.413 e. The second-order valence-electron chi connectivity index (χ2n) is 12.5. The third-order valence-electron chi connectivity index (χ3n) is 7.49. The van der Waals surface area contributed by atoms with E-state index < -0.39 is 88.5 Å². The van der Waals surface area contributed by atoms with Crippen molar-refractivity contribution < 1.29 is 43.2 Å². The minimum absolute atomic E-state index is 0.144. The van der Waals surface area contributed by atoms with Gasteiger partial charge < -0.3 is 42.4 Å². The van der Waals surface area contributed by atoms with Crippen LogP contribution < -0.4 is 42.4 Å². The molecule has 1 aromatic carbocycles. The van der Waals surface area contributed by atoms with Crippen LogP contribution in [-0.4, -0.2) is 81.7 Å². The number of nitrogens with two attached hydrogens (primary N) is 1. The Morgan fingerprint density at radius 1 is 0.712 bits per heavy atom. The summed E-state index contributed by atoms with van der Waals surface area (Å²) in [4.78, 5) is 104. The number of carbonyl (C=O) groups is 7. The van der Waals surface area contributed by atoms with Crippen LogP contribution >= 0.6 is 0 Å². The van der Waals surface area contributed by atoms with Gasteiger partial charge in [0.15, 0.2) is 0 Å². The van der Waals surface area contributed by atoms with Crippen molar-refractivity contribution in [2.24, 2.45) is 17.6 Å². The minimum atomic E-state index is -1.32. The van der Waals surface area contributed by atoms with E-state index in [-0.39, 0.29) is 30.0 Å². The van der Waals surface area contributed by atoms with Crippen LogP contribution in [0.25, 0.3) is 0 Å². The van der Waals surface area contributed by atoms with Gasteiger partial charge in [0.2, 0.25) is 35.4 Å². The first-order chi connectivity index (χ1) is 24.4. The summed E-state index contributed by atoms with van der Waals surface area (Å²) in [7, 11) is 0. The summed E-state index contributed by atoms with van der Waals surface area (Å²) in [6.07, 6.45) is 1.31. The second-order valence-corrected chi connectivity index (χ2v) is 12.5. The summed E-state index contributed by atoms with van der Waals surface area (Å²) >= 11 is 0. The molecule has 2 rings (SSSR count). The average molecular weight is 728 g/mol. The fraction of sp³-hybridized carbons (Fsp3) is 0.455. The first-order valence-corrected chi connectivity index (χ1v) is 16.3. The smallest absolute Gasteiger partial charge is 0.410 e. The molecule has 19 heteroatoms. The van der Waals surface area contributed by atoms with E-state index in [1.807, 2.05) is 0 Å². The van der Waals surface area contributed by atoms with Gasteiger partial charge in [0, 0.05) is 36.6 Å². The van der Waals surface area contributed by atoms with E-state index in [0.717, 1.165) is 0 Å². The largest absolute Gasteiger partial charge is 0.413 e. The molecule has 5 atom stereocenters. The van der Waals surface area contributed by atoms with E-state index in [0.29, 0.717) is 0 Å². The molecule has 0 radical (unpaired) electrons. The molecule has 0 unspecified atom stereocenters. The number of carbonyl (C=O) groups excluding carboxylic acids is 7.